The fourth-order valence-corrected chi connectivity index (χ4v) is 3.39. The average Bonchev–Trinajstić information content (AvgIpc) is 2.37. The van der Waals surface area contributed by atoms with Crippen molar-refractivity contribution in [3.63, 3.8) is 0 Å². The van der Waals surface area contributed by atoms with Gasteiger partial charge in [0.2, 0.25) is 0 Å². The molecule has 0 fully saturated rings. The lowest BCUT2D eigenvalue weighted by Crippen LogP contribution is -2.27. The number of thioether (sulfide) groups is 1. The number of nitriles is 1. The lowest BCUT2D eigenvalue weighted by Gasteiger charge is -2.30. The first-order valence-electron chi connectivity index (χ1n) is 5.62. The Morgan fingerprint density at radius 3 is 2.53 bits per heavy atom. The second-order valence-electron chi connectivity index (χ2n) is 4.31. The van der Waals surface area contributed by atoms with Crippen molar-refractivity contribution >= 4 is 30.4 Å². The van der Waals surface area contributed by atoms with Gasteiger partial charge in [0.05, 0.1) is 6.07 Å². The standard InChI is InChI=1S/C13H15NO3S2/c1-12(9-14,8-7-11(15)16)19-13(17,18)10-5-3-2-4-6-10/h2-6,17-18H,7-8H2,1H3,(H,15,16)/t12-,13-/m1/s1. The van der Waals surface area contributed by atoms with E-state index in [9.17, 15) is 15.2 Å². The topological polar surface area (TPSA) is 81.3 Å². The number of carboxylic acids is 1. The molecule has 0 unspecified atom stereocenters. The Hall–Kier alpha value is -1.16. The normalized spacial score (nSPS) is 16.9. The highest BCUT2D eigenvalue weighted by atomic mass is 32.2. The van der Waals surface area contributed by atoms with Crippen LogP contribution in [0.2, 0.25) is 0 Å². The van der Waals surface area contributed by atoms with E-state index in [1.165, 1.54) is 0 Å². The van der Waals surface area contributed by atoms with E-state index < -0.39 is 15.0 Å². The first-order chi connectivity index (χ1) is 8.79. The van der Waals surface area contributed by atoms with Crippen molar-refractivity contribution in [2.24, 2.45) is 0 Å². The van der Waals surface area contributed by atoms with Crippen molar-refractivity contribution < 1.29 is 15.0 Å². The molecule has 0 amide bonds. The minimum atomic E-state index is -1.54. The van der Waals surface area contributed by atoms with Gasteiger partial charge in [-0.05, 0) is 13.3 Å². The molecule has 102 valence electrons. The van der Waals surface area contributed by atoms with Crippen LogP contribution < -0.4 is 0 Å². The van der Waals surface area contributed by atoms with Crippen molar-refractivity contribution in [3.8, 4) is 6.07 Å². The molecule has 2 atom stereocenters. The number of carbonyl (C=O) groups is 1. The summed E-state index contributed by atoms with van der Waals surface area (Å²) >= 11 is 5.13. The lowest BCUT2D eigenvalue weighted by atomic mass is 10.1. The minimum Gasteiger partial charge on any atom is -0.481 e. The number of hydrogen-bond donors (Lipinski definition) is 3. The predicted molar refractivity (Wildman–Crippen MR) is 77.8 cm³/mol. The maximum absolute atomic E-state index is 10.6. The molecule has 0 radical (unpaired) electrons. The van der Waals surface area contributed by atoms with E-state index in [-0.39, 0.29) is 12.8 Å². The number of aliphatic hydroxyl groups is 1. The van der Waals surface area contributed by atoms with E-state index >= 15 is 0 Å². The zero-order chi connectivity index (χ0) is 14.5. The van der Waals surface area contributed by atoms with Crippen molar-refractivity contribution in [2.45, 2.75) is 28.8 Å². The monoisotopic (exact) mass is 297 g/mol. The Labute approximate surface area is 121 Å². The molecular formula is C13H15NO3S2. The van der Waals surface area contributed by atoms with Crippen molar-refractivity contribution in [1.29, 1.82) is 5.26 Å². The summed E-state index contributed by atoms with van der Waals surface area (Å²) in [6, 6.07) is 10.8. The summed E-state index contributed by atoms with van der Waals surface area (Å²) in [6.07, 6.45) is 0.00884. The van der Waals surface area contributed by atoms with Crippen LogP contribution >= 0.6 is 24.4 Å². The molecule has 1 aromatic rings. The molecule has 6 heteroatoms. The molecule has 1 rings (SSSR count). The molecule has 0 spiro atoms. The van der Waals surface area contributed by atoms with E-state index in [4.69, 9.17) is 5.11 Å². The van der Waals surface area contributed by atoms with Gasteiger partial charge in [-0.3, -0.25) is 4.79 Å². The third-order valence-electron chi connectivity index (χ3n) is 2.57. The molecule has 0 bridgehead atoms. The van der Waals surface area contributed by atoms with Crippen LogP contribution in [-0.2, 0) is 9.06 Å². The quantitative estimate of drug-likeness (QED) is 0.555. The third-order valence-corrected chi connectivity index (χ3v) is 4.37. The number of rotatable bonds is 6. The average molecular weight is 297 g/mol. The Morgan fingerprint density at radius 1 is 1.47 bits per heavy atom. The molecule has 0 saturated carbocycles. The van der Waals surface area contributed by atoms with Gasteiger partial charge in [-0.2, -0.15) is 5.26 Å². The first-order valence-corrected chi connectivity index (χ1v) is 6.89. The first kappa shape index (κ1) is 15.9. The molecule has 0 heterocycles. The van der Waals surface area contributed by atoms with Crippen LogP contribution in [0.3, 0.4) is 0 Å². The fourth-order valence-electron chi connectivity index (χ4n) is 1.50. The van der Waals surface area contributed by atoms with Gasteiger partial charge in [-0.25, -0.2) is 0 Å². The third kappa shape index (κ3) is 4.78. The largest absolute Gasteiger partial charge is 0.481 e. The summed E-state index contributed by atoms with van der Waals surface area (Å²) in [5.41, 5.74) is 0.556. The summed E-state index contributed by atoms with van der Waals surface area (Å²) in [5.74, 6) is -0.968. The SMILES string of the molecule is C[C@](C#N)(CCC(=O)O)S[C@](O)(S)c1ccccc1. The van der Waals surface area contributed by atoms with Crippen LogP contribution in [0.5, 0.6) is 0 Å². The van der Waals surface area contributed by atoms with Crippen molar-refractivity contribution in [2.75, 3.05) is 0 Å². The van der Waals surface area contributed by atoms with Crippen LogP contribution in [0.4, 0.5) is 0 Å². The van der Waals surface area contributed by atoms with E-state index in [1.54, 1.807) is 31.2 Å². The molecular weight excluding hydrogens is 282 g/mol. The highest BCUT2D eigenvalue weighted by Crippen LogP contribution is 2.46. The molecule has 0 aliphatic heterocycles. The highest BCUT2D eigenvalue weighted by molar-refractivity contribution is 8.11. The Balaban J connectivity index is 2.85. The molecule has 0 aliphatic rings. The van der Waals surface area contributed by atoms with Crippen LogP contribution in [-0.4, -0.2) is 20.9 Å². The predicted octanol–water partition coefficient (Wildman–Crippen LogP) is 2.60. The van der Waals surface area contributed by atoms with Gasteiger partial charge in [-0.1, -0.05) is 42.1 Å². The zero-order valence-corrected chi connectivity index (χ0v) is 12.1. The van der Waals surface area contributed by atoms with E-state index in [1.807, 2.05) is 6.07 Å². The number of hydrogen-bond acceptors (Lipinski definition) is 5. The van der Waals surface area contributed by atoms with Gasteiger partial charge in [0.15, 0.2) is 4.27 Å². The van der Waals surface area contributed by atoms with E-state index in [0.717, 1.165) is 11.8 Å². The van der Waals surface area contributed by atoms with Gasteiger partial charge < -0.3 is 10.2 Å². The molecule has 1 aromatic carbocycles. The van der Waals surface area contributed by atoms with Gasteiger partial charge in [0.25, 0.3) is 0 Å². The number of benzene rings is 1. The second kappa shape index (κ2) is 6.33. The van der Waals surface area contributed by atoms with Crippen LogP contribution in [0, 0.1) is 11.3 Å². The van der Waals surface area contributed by atoms with Crippen LogP contribution in [0.15, 0.2) is 30.3 Å². The van der Waals surface area contributed by atoms with Crippen LogP contribution in [0.1, 0.15) is 25.3 Å². The molecule has 4 nitrogen and oxygen atoms in total. The summed E-state index contributed by atoms with van der Waals surface area (Å²) in [6.45, 7) is 1.60. The molecule has 0 aliphatic carbocycles. The summed E-state index contributed by atoms with van der Waals surface area (Å²) in [7, 11) is 0. The van der Waals surface area contributed by atoms with Gasteiger partial charge in [0, 0.05) is 12.0 Å². The highest BCUT2D eigenvalue weighted by Gasteiger charge is 2.37. The Morgan fingerprint density at radius 2 is 2.05 bits per heavy atom. The number of carboxylic acid groups (broad SMARTS) is 1. The summed E-state index contributed by atoms with van der Waals surface area (Å²) in [5, 5.41) is 28.2. The number of thiol groups is 1. The Bertz CT molecular complexity index is 484. The van der Waals surface area contributed by atoms with Gasteiger partial charge >= 0.3 is 5.97 Å². The zero-order valence-electron chi connectivity index (χ0n) is 10.4. The van der Waals surface area contributed by atoms with Gasteiger partial charge in [0.1, 0.15) is 4.75 Å². The van der Waals surface area contributed by atoms with Crippen molar-refractivity contribution in [3.05, 3.63) is 35.9 Å². The minimum absolute atomic E-state index is 0.129. The van der Waals surface area contributed by atoms with E-state index in [0.29, 0.717) is 5.56 Å². The smallest absolute Gasteiger partial charge is 0.303 e. The number of nitrogens with zero attached hydrogens (tertiary/aromatic N) is 1. The van der Waals surface area contributed by atoms with Crippen LogP contribution in [0.25, 0.3) is 0 Å². The lowest BCUT2D eigenvalue weighted by molar-refractivity contribution is -0.137. The maximum atomic E-state index is 10.6. The second-order valence-corrected chi connectivity index (χ2v) is 6.96. The molecule has 0 saturated heterocycles. The van der Waals surface area contributed by atoms with Crippen molar-refractivity contribution in [1.82, 2.24) is 0 Å². The maximum Gasteiger partial charge on any atom is 0.303 e. The van der Waals surface area contributed by atoms with E-state index in [2.05, 4.69) is 18.7 Å². The molecule has 19 heavy (non-hydrogen) atoms. The summed E-state index contributed by atoms with van der Waals surface area (Å²) in [4.78, 5) is 10.6. The van der Waals surface area contributed by atoms with Gasteiger partial charge in [-0.15, -0.1) is 12.6 Å². The molecule has 0 aromatic heterocycles. The Kier molecular flexibility index (Phi) is 5.29. The summed E-state index contributed by atoms with van der Waals surface area (Å²) < 4.78 is -2.56. The fraction of sp³-hybridized carbons (Fsp3) is 0.385. The number of aliphatic carboxylic acids is 1. The molecule has 2 N–H and O–H groups in total.